The Kier molecular flexibility index (Phi) is 5.58. The number of rotatable bonds is 4. The number of hydrogen-bond donors (Lipinski definition) is 1. The van der Waals surface area contributed by atoms with Crippen LogP contribution in [0.25, 0.3) is 0 Å². The molecule has 0 bridgehead atoms. The van der Waals surface area contributed by atoms with Gasteiger partial charge in [-0.15, -0.1) is 0 Å². The molecule has 142 valence electrons. The summed E-state index contributed by atoms with van der Waals surface area (Å²) in [5, 5.41) is 3.03. The third kappa shape index (κ3) is 4.42. The van der Waals surface area contributed by atoms with Crippen molar-refractivity contribution in [3.8, 4) is 0 Å². The Hall–Kier alpha value is -2.53. The topological polar surface area (TPSA) is 44.8 Å². The van der Waals surface area contributed by atoms with E-state index >= 15 is 0 Å². The van der Waals surface area contributed by atoms with Crippen LogP contribution < -0.4 is 15.1 Å². The number of carbonyl (C=O) groups is 1. The number of ether oxygens (including phenoxy) is 1. The molecule has 0 atom stereocenters. The van der Waals surface area contributed by atoms with Gasteiger partial charge in [-0.05, 0) is 61.7 Å². The Balaban J connectivity index is 1.41. The third-order valence-electron chi connectivity index (χ3n) is 5.33. The summed E-state index contributed by atoms with van der Waals surface area (Å²) in [4.78, 5) is 17.3. The Labute approximate surface area is 160 Å². The molecule has 0 spiro atoms. The number of nitrogens with zero attached hydrogens (tertiary/aromatic N) is 2. The van der Waals surface area contributed by atoms with Gasteiger partial charge in [-0.2, -0.15) is 0 Å². The lowest BCUT2D eigenvalue weighted by Crippen LogP contribution is -2.36. The van der Waals surface area contributed by atoms with Crippen LogP contribution in [0, 0.1) is 0 Å². The van der Waals surface area contributed by atoms with Gasteiger partial charge in [-0.25, -0.2) is 0 Å². The summed E-state index contributed by atoms with van der Waals surface area (Å²) in [6.07, 6.45) is 3.82. The standard InChI is InChI=1S/C22H27N3O2/c26-22(18-7-9-20(10-8-18)24-11-2-1-3-12-24)23-19-5-4-6-21(17-19)25-13-15-27-16-14-25/h4-10,17H,1-3,11-16H2,(H,23,26). The minimum atomic E-state index is -0.0701. The second-order valence-electron chi connectivity index (χ2n) is 7.20. The Morgan fingerprint density at radius 2 is 1.52 bits per heavy atom. The molecule has 2 heterocycles. The molecule has 2 saturated heterocycles. The van der Waals surface area contributed by atoms with E-state index in [1.807, 2.05) is 30.3 Å². The second kappa shape index (κ2) is 8.44. The van der Waals surface area contributed by atoms with E-state index in [2.05, 4.69) is 33.3 Å². The van der Waals surface area contributed by atoms with Gasteiger partial charge in [0.1, 0.15) is 0 Å². The Morgan fingerprint density at radius 3 is 2.26 bits per heavy atom. The highest BCUT2D eigenvalue weighted by Gasteiger charge is 2.14. The van der Waals surface area contributed by atoms with Gasteiger partial charge in [0.15, 0.2) is 0 Å². The first-order chi connectivity index (χ1) is 13.3. The quantitative estimate of drug-likeness (QED) is 0.896. The first kappa shape index (κ1) is 17.9. The third-order valence-corrected chi connectivity index (χ3v) is 5.33. The van der Waals surface area contributed by atoms with Crippen LogP contribution in [0.5, 0.6) is 0 Å². The summed E-state index contributed by atoms with van der Waals surface area (Å²) in [6.45, 7) is 5.49. The molecule has 2 aliphatic heterocycles. The number of hydrogen-bond acceptors (Lipinski definition) is 4. The highest BCUT2D eigenvalue weighted by molar-refractivity contribution is 6.04. The smallest absolute Gasteiger partial charge is 0.255 e. The van der Waals surface area contributed by atoms with Gasteiger partial charge >= 0.3 is 0 Å². The maximum atomic E-state index is 12.6. The molecule has 0 aliphatic carbocycles. The maximum absolute atomic E-state index is 12.6. The van der Waals surface area contributed by atoms with E-state index in [1.54, 1.807) is 0 Å². The highest BCUT2D eigenvalue weighted by Crippen LogP contribution is 2.23. The van der Waals surface area contributed by atoms with Crippen molar-refractivity contribution in [2.45, 2.75) is 19.3 Å². The summed E-state index contributed by atoms with van der Waals surface area (Å²) < 4.78 is 5.41. The molecular formula is C22H27N3O2. The first-order valence-electron chi connectivity index (χ1n) is 9.89. The average molecular weight is 365 g/mol. The SMILES string of the molecule is O=C(Nc1cccc(N2CCOCC2)c1)c1ccc(N2CCCCC2)cc1. The zero-order chi connectivity index (χ0) is 18.5. The molecule has 1 N–H and O–H groups in total. The number of benzene rings is 2. The van der Waals surface area contributed by atoms with Gasteiger partial charge < -0.3 is 19.9 Å². The molecule has 2 aliphatic rings. The molecule has 4 rings (SSSR count). The van der Waals surface area contributed by atoms with Crippen molar-refractivity contribution < 1.29 is 9.53 Å². The molecule has 0 aromatic heterocycles. The van der Waals surface area contributed by atoms with E-state index in [9.17, 15) is 4.79 Å². The van der Waals surface area contributed by atoms with Crippen molar-refractivity contribution in [2.24, 2.45) is 0 Å². The maximum Gasteiger partial charge on any atom is 0.255 e. The van der Waals surface area contributed by atoms with Crippen molar-refractivity contribution in [3.63, 3.8) is 0 Å². The van der Waals surface area contributed by atoms with Gasteiger partial charge in [0.05, 0.1) is 13.2 Å². The van der Waals surface area contributed by atoms with Crippen LogP contribution in [0.3, 0.4) is 0 Å². The molecule has 2 fully saturated rings. The highest BCUT2D eigenvalue weighted by atomic mass is 16.5. The largest absolute Gasteiger partial charge is 0.378 e. The van der Waals surface area contributed by atoms with Crippen LogP contribution in [0.2, 0.25) is 0 Å². The van der Waals surface area contributed by atoms with Gasteiger partial charge in [0.2, 0.25) is 0 Å². The number of piperidine rings is 1. The normalized spacial score (nSPS) is 17.6. The van der Waals surface area contributed by atoms with E-state index in [0.717, 1.165) is 50.8 Å². The van der Waals surface area contributed by atoms with Gasteiger partial charge in [0.25, 0.3) is 5.91 Å². The van der Waals surface area contributed by atoms with Crippen molar-refractivity contribution in [1.29, 1.82) is 0 Å². The Bertz CT molecular complexity index is 763. The zero-order valence-corrected chi connectivity index (χ0v) is 15.7. The van der Waals surface area contributed by atoms with E-state index in [4.69, 9.17) is 4.74 Å². The van der Waals surface area contributed by atoms with E-state index < -0.39 is 0 Å². The monoisotopic (exact) mass is 365 g/mol. The van der Waals surface area contributed by atoms with E-state index in [1.165, 1.54) is 24.9 Å². The number of morpholine rings is 1. The predicted octanol–water partition coefficient (Wildman–Crippen LogP) is 3.77. The fraction of sp³-hybridized carbons (Fsp3) is 0.409. The summed E-state index contributed by atoms with van der Waals surface area (Å²) in [5.41, 5.74) is 3.84. The number of carbonyl (C=O) groups excluding carboxylic acids is 1. The van der Waals surface area contributed by atoms with E-state index in [-0.39, 0.29) is 5.91 Å². The second-order valence-corrected chi connectivity index (χ2v) is 7.20. The number of nitrogens with one attached hydrogen (secondary N) is 1. The van der Waals surface area contributed by atoms with Crippen LogP contribution in [0.15, 0.2) is 48.5 Å². The van der Waals surface area contributed by atoms with Crippen LogP contribution in [-0.2, 0) is 4.74 Å². The van der Waals surface area contributed by atoms with Gasteiger partial charge in [-0.1, -0.05) is 6.07 Å². The fourth-order valence-electron chi connectivity index (χ4n) is 3.78. The van der Waals surface area contributed by atoms with Gasteiger partial charge in [-0.3, -0.25) is 4.79 Å². The molecule has 0 saturated carbocycles. The lowest BCUT2D eigenvalue weighted by molar-refractivity contribution is 0.102. The van der Waals surface area contributed by atoms with Gasteiger partial charge in [0, 0.05) is 48.8 Å². The lowest BCUT2D eigenvalue weighted by atomic mass is 10.1. The van der Waals surface area contributed by atoms with Crippen molar-refractivity contribution in [3.05, 3.63) is 54.1 Å². The fourth-order valence-corrected chi connectivity index (χ4v) is 3.78. The molecule has 0 unspecified atom stereocenters. The minimum Gasteiger partial charge on any atom is -0.378 e. The predicted molar refractivity (Wildman–Crippen MR) is 110 cm³/mol. The molecule has 5 nitrogen and oxygen atoms in total. The molecule has 27 heavy (non-hydrogen) atoms. The van der Waals surface area contributed by atoms with Crippen molar-refractivity contribution in [1.82, 2.24) is 0 Å². The minimum absolute atomic E-state index is 0.0701. The van der Waals surface area contributed by atoms with Crippen LogP contribution >= 0.6 is 0 Å². The van der Waals surface area contributed by atoms with Crippen LogP contribution in [0.1, 0.15) is 29.6 Å². The van der Waals surface area contributed by atoms with Crippen molar-refractivity contribution >= 4 is 23.0 Å². The van der Waals surface area contributed by atoms with Crippen molar-refractivity contribution in [2.75, 3.05) is 54.5 Å². The molecule has 1 amide bonds. The summed E-state index contributed by atoms with van der Waals surface area (Å²) in [5.74, 6) is -0.0701. The molecule has 0 radical (unpaired) electrons. The molecule has 5 heteroatoms. The number of amides is 1. The first-order valence-corrected chi connectivity index (χ1v) is 9.89. The summed E-state index contributed by atoms with van der Waals surface area (Å²) in [7, 11) is 0. The van der Waals surface area contributed by atoms with Crippen LogP contribution in [0.4, 0.5) is 17.1 Å². The summed E-state index contributed by atoms with van der Waals surface area (Å²) >= 11 is 0. The molecule has 2 aromatic rings. The van der Waals surface area contributed by atoms with Crippen LogP contribution in [-0.4, -0.2) is 45.3 Å². The van der Waals surface area contributed by atoms with E-state index in [0.29, 0.717) is 5.56 Å². The number of anilines is 3. The summed E-state index contributed by atoms with van der Waals surface area (Å²) in [6, 6.07) is 16.0. The molecular weight excluding hydrogens is 338 g/mol. The zero-order valence-electron chi connectivity index (χ0n) is 15.7. The Morgan fingerprint density at radius 1 is 0.815 bits per heavy atom. The average Bonchev–Trinajstić information content (AvgIpc) is 2.75. The molecule has 2 aromatic carbocycles. The lowest BCUT2D eigenvalue weighted by Gasteiger charge is -2.29.